The third-order valence-electron chi connectivity index (χ3n) is 3.18. The number of halogens is 1. The van der Waals surface area contributed by atoms with Crippen LogP contribution in [0.25, 0.3) is 0 Å². The fourth-order valence-electron chi connectivity index (χ4n) is 1.62. The standard InChI is InChI=1S/C16H23BrN2O2/c1-10(2)9-18-14(20)16(4,5)15(21)19-13-7-6-11(3)8-12(13)17/h6-8,10H,9H2,1-5H3,(H,18,20)(H,19,21). The SMILES string of the molecule is Cc1ccc(NC(=O)C(C)(C)C(=O)NCC(C)C)c(Br)c1. The molecule has 1 aromatic carbocycles. The minimum Gasteiger partial charge on any atom is -0.355 e. The lowest BCUT2D eigenvalue weighted by Crippen LogP contribution is -2.46. The summed E-state index contributed by atoms with van der Waals surface area (Å²) in [6.07, 6.45) is 0. The molecular formula is C16H23BrN2O2. The van der Waals surface area contributed by atoms with Crippen molar-refractivity contribution in [1.82, 2.24) is 5.32 Å². The maximum atomic E-state index is 12.4. The Labute approximate surface area is 134 Å². The summed E-state index contributed by atoms with van der Waals surface area (Å²) in [5.74, 6) is -0.246. The van der Waals surface area contributed by atoms with Gasteiger partial charge >= 0.3 is 0 Å². The van der Waals surface area contributed by atoms with E-state index in [2.05, 4.69) is 26.6 Å². The fraction of sp³-hybridized carbons (Fsp3) is 0.500. The first-order valence-electron chi connectivity index (χ1n) is 7.00. The average Bonchev–Trinajstić information content (AvgIpc) is 2.38. The van der Waals surface area contributed by atoms with Crippen LogP contribution < -0.4 is 10.6 Å². The Hall–Kier alpha value is -1.36. The fourth-order valence-corrected chi connectivity index (χ4v) is 2.21. The number of aryl methyl sites for hydroxylation is 1. The van der Waals surface area contributed by atoms with Crippen LogP contribution in [0.1, 0.15) is 33.3 Å². The number of rotatable bonds is 5. The molecule has 4 nitrogen and oxygen atoms in total. The molecule has 0 bridgehead atoms. The summed E-state index contributed by atoms with van der Waals surface area (Å²) in [5.41, 5.74) is 0.628. The number of hydrogen-bond donors (Lipinski definition) is 2. The molecule has 0 fully saturated rings. The van der Waals surface area contributed by atoms with Gasteiger partial charge in [-0.1, -0.05) is 19.9 Å². The van der Waals surface area contributed by atoms with E-state index in [0.717, 1.165) is 10.0 Å². The van der Waals surface area contributed by atoms with Crippen LogP contribution in [0.2, 0.25) is 0 Å². The molecule has 0 atom stereocenters. The van der Waals surface area contributed by atoms with Gasteiger partial charge in [0.1, 0.15) is 5.41 Å². The Bertz CT molecular complexity index is 539. The molecule has 0 unspecified atom stereocenters. The Morgan fingerprint density at radius 2 is 1.86 bits per heavy atom. The first-order chi connectivity index (χ1) is 9.64. The second kappa shape index (κ2) is 7.07. The summed E-state index contributed by atoms with van der Waals surface area (Å²) in [5, 5.41) is 5.60. The molecular weight excluding hydrogens is 332 g/mol. The summed E-state index contributed by atoms with van der Waals surface area (Å²) < 4.78 is 0.800. The number of benzene rings is 1. The molecule has 0 spiro atoms. The normalized spacial score (nSPS) is 11.4. The minimum absolute atomic E-state index is 0.267. The number of anilines is 1. The van der Waals surface area contributed by atoms with E-state index in [-0.39, 0.29) is 11.8 Å². The lowest BCUT2D eigenvalue weighted by atomic mass is 9.90. The summed E-state index contributed by atoms with van der Waals surface area (Å²) in [7, 11) is 0. The number of carbonyl (C=O) groups excluding carboxylic acids is 2. The zero-order chi connectivity index (χ0) is 16.2. The predicted molar refractivity (Wildman–Crippen MR) is 89.1 cm³/mol. The highest BCUT2D eigenvalue weighted by molar-refractivity contribution is 9.10. The molecule has 2 N–H and O–H groups in total. The van der Waals surface area contributed by atoms with E-state index in [1.54, 1.807) is 13.8 Å². The van der Waals surface area contributed by atoms with Crippen LogP contribution in [-0.4, -0.2) is 18.4 Å². The average molecular weight is 355 g/mol. The first-order valence-corrected chi connectivity index (χ1v) is 7.79. The number of hydrogen-bond acceptors (Lipinski definition) is 2. The smallest absolute Gasteiger partial charge is 0.239 e. The van der Waals surface area contributed by atoms with Crippen molar-refractivity contribution in [3.8, 4) is 0 Å². The van der Waals surface area contributed by atoms with E-state index in [9.17, 15) is 9.59 Å². The van der Waals surface area contributed by atoms with Crippen LogP contribution in [-0.2, 0) is 9.59 Å². The van der Waals surface area contributed by atoms with Crippen molar-refractivity contribution < 1.29 is 9.59 Å². The molecule has 5 heteroatoms. The highest BCUT2D eigenvalue weighted by atomic mass is 79.9. The molecule has 1 rings (SSSR count). The van der Waals surface area contributed by atoms with Gasteiger partial charge in [-0.3, -0.25) is 9.59 Å². The Balaban J connectivity index is 2.79. The van der Waals surface area contributed by atoms with Crippen molar-refractivity contribution in [2.45, 2.75) is 34.6 Å². The Kier molecular flexibility index (Phi) is 5.96. The van der Waals surface area contributed by atoms with Crippen molar-refractivity contribution >= 4 is 33.4 Å². The Morgan fingerprint density at radius 3 is 2.38 bits per heavy atom. The molecule has 1 aromatic rings. The van der Waals surface area contributed by atoms with Crippen molar-refractivity contribution in [2.75, 3.05) is 11.9 Å². The van der Waals surface area contributed by atoms with Crippen molar-refractivity contribution in [3.05, 3.63) is 28.2 Å². The zero-order valence-electron chi connectivity index (χ0n) is 13.2. The van der Waals surface area contributed by atoms with Gasteiger partial charge in [0, 0.05) is 11.0 Å². The van der Waals surface area contributed by atoms with Crippen LogP contribution in [0.5, 0.6) is 0 Å². The van der Waals surface area contributed by atoms with Crippen LogP contribution in [0.4, 0.5) is 5.69 Å². The third kappa shape index (κ3) is 4.84. The lowest BCUT2D eigenvalue weighted by molar-refractivity contribution is -0.138. The summed E-state index contributed by atoms with van der Waals surface area (Å²) in [4.78, 5) is 24.5. The molecule has 0 aliphatic carbocycles. The van der Waals surface area contributed by atoms with Gasteiger partial charge in [-0.05, 0) is 60.3 Å². The van der Waals surface area contributed by atoms with E-state index in [4.69, 9.17) is 0 Å². The highest BCUT2D eigenvalue weighted by Gasteiger charge is 2.36. The quantitative estimate of drug-likeness (QED) is 0.795. The lowest BCUT2D eigenvalue weighted by Gasteiger charge is -2.23. The monoisotopic (exact) mass is 354 g/mol. The van der Waals surface area contributed by atoms with Crippen molar-refractivity contribution in [2.24, 2.45) is 11.3 Å². The zero-order valence-corrected chi connectivity index (χ0v) is 14.8. The Morgan fingerprint density at radius 1 is 1.24 bits per heavy atom. The van der Waals surface area contributed by atoms with E-state index in [1.165, 1.54) is 0 Å². The summed E-state index contributed by atoms with van der Waals surface area (Å²) in [6, 6.07) is 5.65. The molecule has 0 radical (unpaired) electrons. The van der Waals surface area contributed by atoms with Gasteiger partial charge in [0.2, 0.25) is 11.8 Å². The second-order valence-corrected chi connectivity index (χ2v) is 7.02. The summed E-state index contributed by atoms with van der Waals surface area (Å²) in [6.45, 7) is 9.80. The van der Waals surface area contributed by atoms with Gasteiger partial charge < -0.3 is 10.6 Å². The predicted octanol–water partition coefficient (Wildman–Crippen LogP) is 3.49. The van der Waals surface area contributed by atoms with Crippen molar-refractivity contribution in [1.29, 1.82) is 0 Å². The van der Waals surface area contributed by atoms with Crippen molar-refractivity contribution in [3.63, 3.8) is 0 Å². The molecule has 0 aliphatic rings. The van der Waals surface area contributed by atoms with Gasteiger partial charge in [-0.2, -0.15) is 0 Å². The van der Waals surface area contributed by atoms with Crippen LogP contribution in [0.15, 0.2) is 22.7 Å². The number of nitrogens with one attached hydrogen (secondary N) is 2. The molecule has 0 saturated carbocycles. The minimum atomic E-state index is -1.13. The molecule has 0 saturated heterocycles. The van der Waals surface area contributed by atoms with Gasteiger partial charge in [0.15, 0.2) is 0 Å². The van der Waals surface area contributed by atoms with E-state index in [1.807, 2.05) is 39.0 Å². The molecule has 21 heavy (non-hydrogen) atoms. The van der Waals surface area contributed by atoms with Crippen LogP contribution in [0, 0.1) is 18.3 Å². The van der Waals surface area contributed by atoms with Gasteiger partial charge in [-0.25, -0.2) is 0 Å². The topological polar surface area (TPSA) is 58.2 Å². The van der Waals surface area contributed by atoms with Gasteiger partial charge in [0.25, 0.3) is 0 Å². The largest absolute Gasteiger partial charge is 0.355 e. The molecule has 2 amide bonds. The van der Waals surface area contributed by atoms with E-state index in [0.29, 0.717) is 18.2 Å². The molecule has 0 aliphatic heterocycles. The highest BCUT2D eigenvalue weighted by Crippen LogP contribution is 2.26. The maximum Gasteiger partial charge on any atom is 0.239 e. The summed E-state index contributed by atoms with van der Waals surface area (Å²) >= 11 is 3.41. The van der Waals surface area contributed by atoms with E-state index >= 15 is 0 Å². The molecule has 116 valence electrons. The number of amides is 2. The molecule has 0 aromatic heterocycles. The van der Waals surface area contributed by atoms with E-state index < -0.39 is 5.41 Å². The third-order valence-corrected chi connectivity index (χ3v) is 3.84. The van der Waals surface area contributed by atoms with Crippen LogP contribution in [0.3, 0.4) is 0 Å². The molecule has 0 heterocycles. The van der Waals surface area contributed by atoms with Crippen LogP contribution >= 0.6 is 15.9 Å². The first kappa shape index (κ1) is 17.7. The maximum absolute atomic E-state index is 12.4. The van der Waals surface area contributed by atoms with Gasteiger partial charge in [0.05, 0.1) is 5.69 Å². The number of carbonyl (C=O) groups is 2. The second-order valence-electron chi connectivity index (χ2n) is 6.17. The van der Waals surface area contributed by atoms with Gasteiger partial charge in [-0.15, -0.1) is 0 Å².